The summed E-state index contributed by atoms with van der Waals surface area (Å²) in [5, 5.41) is 2.92. The van der Waals surface area contributed by atoms with Gasteiger partial charge in [0.15, 0.2) is 0 Å². The van der Waals surface area contributed by atoms with Crippen molar-refractivity contribution in [2.75, 3.05) is 27.2 Å². The molecule has 0 fully saturated rings. The molecule has 2 nitrogen and oxygen atoms in total. The highest BCUT2D eigenvalue weighted by atomic mass is 19.4. The van der Waals surface area contributed by atoms with Gasteiger partial charge >= 0.3 is 6.18 Å². The van der Waals surface area contributed by atoms with Gasteiger partial charge in [0.25, 0.3) is 0 Å². The quantitative estimate of drug-likeness (QED) is 0.822. The maximum atomic E-state index is 13.7. The van der Waals surface area contributed by atoms with Crippen LogP contribution in [0.15, 0.2) is 18.2 Å². The van der Waals surface area contributed by atoms with Gasteiger partial charge in [0.1, 0.15) is 5.82 Å². The molecule has 1 aromatic carbocycles. The maximum absolute atomic E-state index is 13.7. The second-order valence-corrected chi connectivity index (χ2v) is 4.12. The van der Waals surface area contributed by atoms with Crippen molar-refractivity contribution in [2.24, 2.45) is 0 Å². The highest BCUT2D eigenvalue weighted by Crippen LogP contribution is 2.32. The molecule has 1 rings (SSSR count). The minimum absolute atomic E-state index is 0.0587. The molecule has 1 N–H and O–H groups in total. The lowest BCUT2D eigenvalue weighted by Crippen LogP contribution is -2.27. The molecule has 1 aromatic rings. The highest BCUT2D eigenvalue weighted by Gasteiger charge is 2.34. The summed E-state index contributed by atoms with van der Waals surface area (Å²) < 4.78 is 51.2. The van der Waals surface area contributed by atoms with E-state index in [1.807, 2.05) is 0 Å². The van der Waals surface area contributed by atoms with Crippen LogP contribution in [-0.2, 0) is 12.7 Å². The van der Waals surface area contributed by atoms with Crippen molar-refractivity contribution in [1.82, 2.24) is 10.2 Å². The third kappa shape index (κ3) is 3.96. The van der Waals surface area contributed by atoms with Crippen LogP contribution in [0.5, 0.6) is 0 Å². The van der Waals surface area contributed by atoms with Crippen molar-refractivity contribution in [3.63, 3.8) is 0 Å². The van der Waals surface area contributed by atoms with Gasteiger partial charge in [0.2, 0.25) is 0 Å². The van der Waals surface area contributed by atoms with Crippen LogP contribution < -0.4 is 5.32 Å². The minimum atomic E-state index is -4.65. The van der Waals surface area contributed by atoms with Gasteiger partial charge in [-0.05, 0) is 20.2 Å². The first-order valence-corrected chi connectivity index (χ1v) is 5.54. The van der Waals surface area contributed by atoms with E-state index in [1.54, 1.807) is 19.0 Å². The first kappa shape index (κ1) is 14.9. The summed E-state index contributed by atoms with van der Waals surface area (Å²) in [6.45, 7) is 1.47. The molecule has 0 aliphatic rings. The number of hydrogen-bond donors (Lipinski definition) is 1. The van der Waals surface area contributed by atoms with E-state index in [4.69, 9.17) is 0 Å². The van der Waals surface area contributed by atoms with E-state index < -0.39 is 17.6 Å². The molecular weight excluding hydrogens is 248 g/mol. The van der Waals surface area contributed by atoms with Crippen LogP contribution >= 0.6 is 0 Å². The minimum Gasteiger partial charge on any atom is -0.318 e. The molecule has 0 saturated heterocycles. The van der Waals surface area contributed by atoms with Gasteiger partial charge in [-0.2, -0.15) is 13.2 Å². The molecule has 0 heterocycles. The molecular formula is C12H16F4N2. The second-order valence-electron chi connectivity index (χ2n) is 4.12. The van der Waals surface area contributed by atoms with E-state index in [-0.39, 0.29) is 12.1 Å². The Morgan fingerprint density at radius 1 is 1.28 bits per heavy atom. The molecule has 0 spiro atoms. The first-order chi connectivity index (χ1) is 8.36. The zero-order valence-electron chi connectivity index (χ0n) is 10.3. The predicted molar refractivity (Wildman–Crippen MR) is 61.7 cm³/mol. The van der Waals surface area contributed by atoms with Crippen molar-refractivity contribution in [2.45, 2.75) is 12.7 Å². The van der Waals surface area contributed by atoms with E-state index in [9.17, 15) is 17.6 Å². The van der Waals surface area contributed by atoms with Gasteiger partial charge in [-0.15, -0.1) is 0 Å². The Balaban J connectivity index is 2.84. The molecule has 0 unspecified atom stereocenters. The lowest BCUT2D eigenvalue weighted by molar-refractivity contribution is -0.140. The Kier molecular flexibility index (Phi) is 5.10. The fraction of sp³-hybridized carbons (Fsp3) is 0.500. The van der Waals surface area contributed by atoms with Gasteiger partial charge in [-0.3, -0.25) is 0 Å². The largest absolute Gasteiger partial charge is 0.419 e. The van der Waals surface area contributed by atoms with E-state index >= 15 is 0 Å². The predicted octanol–water partition coefficient (Wildman–Crippen LogP) is 2.50. The Morgan fingerprint density at radius 3 is 2.50 bits per heavy atom. The third-order valence-electron chi connectivity index (χ3n) is 2.57. The topological polar surface area (TPSA) is 15.3 Å². The molecule has 0 aliphatic heterocycles. The van der Waals surface area contributed by atoms with Gasteiger partial charge in [-0.25, -0.2) is 4.39 Å². The Morgan fingerprint density at radius 2 is 1.94 bits per heavy atom. The third-order valence-corrected chi connectivity index (χ3v) is 2.57. The number of benzene rings is 1. The van der Waals surface area contributed by atoms with Crippen LogP contribution in [0.1, 0.15) is 11.1 Å². The molecule has 18 heavy (non-hydrogen) atoms. The standard InChI is InChI=1S/C12H16F4N2/c1-17-6-7-18(2)8-9-4-3-5-10(11(9)13)12(14,15)16/h3-5,17H,6-8H2,1-2H3. The van der Waals surface area contributed by atoms with Crippen molar-refractivity contribution in [3.05, 3.63) is 35.1 Å². The van der Waals surface area contributed by atoms with Crippen molar-refractivity contribution in [1.29, 1.82) is 0 Å². The van der Waals surface area contributed by atoms with E-state index in [1.165, 1.54) is 12.1 Å². The number of halogens is 4. The van der Waals surface area contributed by atoms with Crippen LogP contribution in [-0.4, -0.2) is 32.1 Å². The average molecular weight is 264 g/mol. The molecule has 0 bridgehead atoms. The van der Waals surface area contributed by atoms with Gasteiger partial charge < -0.3 is 10.2 Å². The van der Waals surface area contributed by atoms with Crippen LogP contribution in [0.25, 0.3) is 0 Å². The number of rotatable bonds is 5. The Hall–Kier alpha value is -1.14. The van der Waals surface area contributed by atoms with E-state index in [0.29, 0.717) is 13.1 Å². The summed E-state index contributed by atoms with van der Waals surface area (Å²) in [4.78, 5) is 1.76. The number of hydrogen-bond acceptors (Lipinski definition) is 2. The number of nitrogens with zero attached hydrogens (tertiary/aromatic N) is 1. The summed E-state index contributed by atoms with van der Waals surface area (Å²) in [7, 11) is 3.51. The molecule has 0 radical (unpaired) electrons. The van der Waals surface area contributed by atoms with Crippen molar-refractivity contribution < 1.29 is 17.6 Å². The van der Waals surface area contributed by atoms with Crippen molar-refractivity contribution >= 4 is 0 Å². The molecule has 0 aliphatic carbocycles. The van der Waals surface area contributed by atoms with Crippen LogP contribution in [0, 0.1) is 5.82 Å². The molecule has 0 amide bonds. The normalized spacial score (nSPS) is 12.2. The van der Waals surface area contributed by atoms with Crippen LogP contribution in [0.3, 0.4) is 0 Å². The monoisotopic (exact) mass is 264 g/mol. The van der Waals surface area contributed by atoms with Gasteiger partial charge in [0.05, 0.1) is 5.56 Å². The van der Waals surface area contributed by atoms with E-state index in [0.717, 1.165) is 6.07 Å². The van der Waals surface area contributed by atoms with Gasteiger partial charge in [-0.1, -0.05) is 12.1 Å². The number of nitrogens with one attached hydrogen (secondary N) is 1. The van der Waals surface area contributed by atoms with Crippen molar-refractivity contribution in [3.8, 4) is 0 Å². The zero-order valence-corrected chi connectivity index (χ0v) is 10.3. The average Bonchev–Trinajstić information content (AvgIpc) is 2.27. The SMILES string of the molecule is CNCCN(C)Cc1cccc(C(F)(F)F)c1F. The van der Waals surface area contributed by atoms with Crippen LogP contribution in [0.4, 0.5) is 17.6 Å². The lowest BCUT2D eigenvalue weighted by Gasteiger charge is -2.18. The molecule has 102 valence electrons. The second kappa shape index (κ2) is 6.15. The fourth-order valence-electron chi connectivity index (χ4n) is 1.59. The van der Waals surface area contributed by atoms with Crippen LogP contribution in [0.2, 0.25) is 0 Å². The molecule has 0 saturated carbocycles. The Bertz CT molecular complexity index is 390. The fourth-order valence-corrected chi connectivity index (χ4v) is 1.59. The molecule has 0 aromatic heterocycles. The smallest absolute Gasteiger partial charge is 0.318 e. The summed E-state index contributed by atoms with van der Waals surface area (Å²) in [5.41, 5.74) is -1.15. The zero-order chi connectivity index (χ0) is 13.8. The van der Waals surface area contributed by atoms with E-state index in [2.05, 4.69) is 5.32 Å². The highest BCUT2D eigenvalue weighted by molar-refractivity contribution is 5.28. The molecule has 0 atom stereocenters. The number of alkyl halides is 3. The summed E-state index contributed by atoms with van der Waals surface area (Å²) in [5.74, 6) is -1.18. The maximum Gasteiger partial charge on any atom is 0.419 e. The number of likely N-dealkylation sites (N-methyl/N-ethyl adjacent to an activating group) is 2. The first-order valence-electron chi connectivity index (χ1n) is 5.54. The van der Waals surface area contributed by atoms with Gasteiger partial charge in [0, 0.05) is 25.2 Å². The summed E-state index contributed by atoms with van der Waals surface area (Å²) in [6.07, 6.45) is -4.65. The molecule has 6 heteroatoms. The summed E-state index contributed by atoms with van der Waals surface area (Å²) in [6, 6.07) is 3.36. The Labute approximate surface area is 104 Å². The summed E-state index contributed by atoms with van der Waals surface area (Å²) >= 11 is 0. The lowest BCUT2D eigenvalue weighted by atomic mass is 10.1.